The quantitative estimate of drug-likeness (QED) is 0.853. The van der Waals surface area contributed by atoms with Gasteiger partial charge in [0, 0.05) is 12.1 Å². The third kappa shape index (κ3) is 4.83. The van der Waals surface area contributed by atoms with Crippen molar-refractivity contribution in [2.45, 2.75) is 38.8 Å². The Morgan fingerprint density at radius 2 is 1.86 bits per heavy atom. The summed E-state index contributed by atoms with van der Waals surface area (Å²) in [5.41, 5.74) is 2.04. The third-order valence-electron chi connectivity index (χ3n) is 3.53. The van der Waals surface area contributed by atoms with Gasteiger partial charge in [0.2, 0.25) is 0 Å². The van der Waals surface area contributed by atoms with Crippen molar-refractivity contribution in [2.24, 2.45) is 0 Å². The number of pyridine rings is 1. The van der Waals surface area contributed by atoms with Crippen molar-refractivity contribution in [2.75, 3.05) is 0 Å². The summed E-state index contributed by atoms with van der Waals surface area (Å²) < 4.78 is 12.8. The fourth-order valence-corrected chi connectivity index (χ4v) is 2.28. The monoisotopic (exact) mass is 288 g/mol. The van der Waals surface area contributed by atoms with Gasteiger partial charge in [-0.05, 0) is 56.5 Å². The zero-order valence-electron chi connectivity index (χ0n) is 12.4. The van der Waals surface area contributed by atoms with Gasteiger partial charge in [0.25, 0.3) is 0 Å². The summed E-state index contributed by atoms with van der Waals surface area (Å²) >= 11 is 0. The second-order valence-electron chi connectivity index (χ2n) is 5.40. The van der Waals surface area contributed by atoms with Crippen LogP contribution in [-0.2, 0) is 6.42 Å². The fourth-order valence-electron chi connectivity index (χ4n) is 2.28. The zero-order valence-corrected chi connectivity index (χ0v) is 12.4. The highest BCUT2D eigenvalue weighted by Gasteiger charge is 2.10. The number of phenolic OH excluding ortho intramolecular Hbond substituents is 1. The Morgan fingerprint density at radius 3 is 2.48 bits per heavy atom. The van der Waals surface area contributed by atoms with Crippen LogP contribution in [0.5, 0.6) is 5.75 Å². The molecule has 0 amide bonds. The number of benzene rings is 1. The zero-order chi connectivity index (χ0) is 15.2. The first-order valence-corrected chi connectivity index (χ1v) is 7.20. The Balaban J connectivity index is 1.82. The average molecular weight is 288 g/mol. The van der Waals surface area contributed by atoms with Gasteiger partial charge in [-0.15, -0.1) is 0 Å². The Labute approximate surface area is 124 Å². The molecule has 0 bridgehead atoms. The molecule has 1 aromatic heterocycles. The maximum atomic E-state index is 12.8. The predicted octanol–water partition coefficient (Wildman–Crippen LogP) is 3.60. The van der Waals surface area contributed by atoms with Gasteiger partial charge in [-0.25, -0.2) is 4.39 Å². The Morgan fingerprint density at radius 1 is 1.14 bits per heavy atom. The first kappa shape index (κ1) is 15.4. The molecule has 0 spiro atoms. The molecule has 112 valence electrons. The third-order valence-corrected chi connectivity index (χ3v) is 3.53. The van der Waals surface area contributed by atoms with E-state index in [0.717, 1.165) is 18.5 Å². The van der Waals surface area contributed by atoms with E-state index in [0.29, 0.717) is 11.8 Å². The lowest BCUT2D eigenvalue weighted by atomic mass is 10.0. The summed E-state index contributed by atoms with van der Waals surface area (Å²) in [6.07, 6.45) is 3.17. The van der Waals surface area contributed by atoms with Gasteiger partial charge in [0.05, 0.1) is 11.9 Å². The van der Waals surface area contributed by atoms with Gasteiger partial charge >= 0.3 is 0 Å². The Bertz CT molecular complexity index is 554. The van der Waals surface area contributed by atoms with Crippen LogP contribution in [0, 0.1) is 5.82 Å². The molecule has 4 heteroatoms. The summed E-state index contributed by atoms with van der Waals surface area (Å²) in [6.45, 7) is 4.15. The molecule has 2 rings (SSSR count). The standard InChI is InChI=1S/C17H21FN2O/c1-12(3-4-14-5-8-16(21)9-6-14)20-13(2)17-10-7-15(18)11-19-17/h5-13,20-21H,3-4H2,1-2H3. The minimum Gasteiger partial charge on any atom is -0.508 e. The minimum atomic E-state index is -0.314. The number of hydrogen-bond acceptors (Lipinski definition) is 3. The normalized spacial score (nSPS) is 13.9. The number of rotatable bonds is 6. The van der Waals surface area contributed by atoms with Gasteiger partial charge in [0.1, 0.15) is 11.6 Å². The molecule has 0 fully saturated rings. The minimum absolute atomic E-state index is 0.0837. The van der Waals surface area contributed by atoms with Gasteiger partial charge in [-0.3, -0.25) is 4.98 Å². The van der Waals surface area contributed by atoms with Crippen LogP contribution < -0.4 is 5.32 Å². The molecule has 0 radical (unpaired) electrons. The van der Waals surface area contributed by atoms with E-state index in [9.17, 15) is 9.50 Å². The first-order valence-electron chi connectivity index (χ1n) is 7.20. The van der Waals surface area contributed by atoms with Crippen molar-refractivity contribution in [3.63, 3.8) is 0 Å². The largest absolute Gasteiger partial charge is 0.508 e. The fraction of sp³-hybridized carbons (Fsp3) is 0.353. The van der Waals surface area contributed by atoms with Crippen molar-refractivity contribution in [1.29, 1.82) is 0 Å². The van der Waals surface area contributed by atoms with Crippen LogP contribution >= 0.6 is 0 Å². The van der Waals surface area contributed by atoms with Crippen LogP contribution in [0.4, 0.5) is 4.39 Å². The van der Waals surface area contributed by atoms with E-state index in [4.69, 9.17) is 0 Å². The molecular formula is C17H21FN2O. The van der Waals surface area contributed by atoms with Gasteiger partial charge in [0.15, 0.2) is 0 Å². The van der Waals surface area contributed by atoms with E-state index in [-0.39, 0.29) is 11.9 Å². The number of nitrogens with zero attached hydrogens (tertiary/aromatic N) is 1. The van der Waals surface area contributed by atoms with Gasteiger partial charge < -0.3 is 10.4 Å². The highest BCUT2D eigenvalue weighted by molar-refractivity contribution is 5.25. The molecule has 2 unspecified atom stereocenters. The summed E-state index contributed by atoms with van der Waals surface area (Å²) in [6, 6.07) is 10.8. The highest BCUT2D eigenvalue weighted by Crippen LogP contribution is 2.14. The number of phenols is 1. The van der Waals surface area contributed by atoms with Crippen molar-refractivity contribution in [3.05, 3.63) is 59.7 Å². The van der Waals surface area contributed by atoms with E-state index < -0.39 is 0 Å². The Hall–Kier alpha value is -1.94. The van der Waals surface area contributed by atoms with Crippen molar-refractivity contribution < 1.29 is 9.50 Å². The van der Waals surface area contributed by atoms with Gasteiger partial charge in [-0.2, -0.15) is 0 Å². The second-order valence-corrected chi connectivity index (χ2v) is 5.40. The molecule has 2 atom stereocenters. The summed E-state index contributed by atoms with van der Waals surface area (Å²) in [7, 11) is 0. The number of aromatic nitrogens is 1. The van der Waals surface area contributed by atoms with Crippen molar-refractivity contribution >= 4 is 0 Å². The molecule has 1 aromatic carbocycles. The molecule has 1 heterocycles. The molecule has 2 aromatic rings. The summed E-state index contributed by atoms with van der Waals surface area (Å²) in [5.74, 6) is -0.0211. The molecule has 21 heavy (non-hydrogen) atoms. The average Bonchev–Trinajstić information content (AvgIpc) is 2.47. The van der Waals surface area contributed by atoms with E-state index in [1.165, 1.54) is 17.8 Å². The van der Waals surface area contributed by atoms with Crippen LogP contribution in [-0.4, -0.2) is 16.1 Å². The highest BCUT2D eigenvalue weighted by atomic mass is 19.1. The predicted molar refractivity (Wildman–Crippen MR) is 81.6 cm³/mol. The maximum Gasteiger partial charge on any atom is 0.141 e. The lowest BCUT2D eigenvalue weighted by Crippen LogP contribution is -2.29. The van der Waals surface area contributed by atoms with Crippen molar-refractivity contribution in [3.8, 4) is 5.75 Å². The topological polar surface area (TPSA) is 45.1 Å². The number of nitrogens with one attached hydrogen (secondary N) is 1. The number of halogens is 1. The number of hydrogen-bond donors (Lipinski definition) is 2. The van der Waals surface area contributed by atoms with E-state index in [2.05, 4.69) is 17.2 Å². The lowest BCUT2D eigenvalue weighted by Gasteiger charge is -2.19. The van der Waals surface area contributed by atoms with Crippen LogP contribution in [0.25, 0.3) is 0 Å². The lowest BCUT2D eigenvalue weighted by molar-refractivity contribution is 0.449. The molecular weight excluding hydrogens is 267 g/mol. The maximum absolute atomic E-state index is 12.8. The number of aromatic hydroxyl groups is 1. The molecule has 0 aliphatic carbocycles. The van der Waals surface area contributed by atoms with E-state index >= 15 is 0 Å². The first-order chi connectivity index (χ1) is 10.0. The summed E-state index contributed by atoms with van der Waals surface area (Å²) in [5, 5.41) is 12.7. The van der Waals surface area contributed by atoms with Crippen LogP contribution in [0.3, 0.4) is 0 Å². The second kappa shape index (κ2) is 7.18. The van der Waals surface area contributed by atoms with Crippen LogP contribution in [0.15, 0.2) is 42.6 Å². The molecule has 0 aliphatic rings. The molecule has 0 saturated heterocycles. The molecule has 2 N–H and O–H groups in total. The SMILES string of the molecule is CC(CCc1ccc(O)cc1)NC(C)c1ccc(F)cn1. The van der Waals surface area contributed by atoms with Crippen molar-refractivity contribution in [1.82, 2.24) is 10.3 Å². The smallest absolute Gasteiger partial charge is 0.141 e. The van der Waals surface area contributed by atoms with Gasteiger partial charge in [-0.1, -0.05) is 12.1 Å². The Kier molecular flexibility index (Phi) is 5.28. The van der Waals surface area contributed by atoms with E-state index in [1.807, 2.05) is 19.1 Å². The van der Waals surface area contributed by atoms with Crippen LogP contribution in [0.1, 0.15) is 37.6 Å². The molecule has 0 aliphatic heterocycles. The number of aryl methyl sites for hydroxylation is 1. The van der Waals surface area contributed by atoms with E-state index in [1.54, 1.807) is 18.2 Å². The molecule has 0 saturated carbocycles. The molecule has 3 nitrogen and oxygen atoms in total. The van der Waals surface area contributed by atoms with Crippen LogP contribution in [0.2, 0.25) is 0 Å². The summed E-state index contributed by atoms with van der Waals surface area (Å²) in [4.78, 5) is 4.09.